The maximum absolute atomic E-state index is 4.32. The minimum atomic E-state index is 0.812. The average Bonchev–Trinajstić information content (AvgIpc) is 2.37. The van der Waals surface area contributed by atoms with E-state index in [-0.39, 0.29) is 0 Å². The van der Waals surface area contributed by atoms with E-state index in [1.54, 1.807) is 0 Å². The van der Waals surface area contributed by atoms with E-state index in [0.717, 1.165) is 22.8 Å². The Kier molecular flexibility index (Phi) is 3.94. The van der Waals surface area contributed by atoms with Crippen molar-refractivity contribution < 1.29 is 0 Å². The molecule has 0 aliphatic rings. The summed E-state index contributed by atoms with van der Waals surface area (Å²) in [7, 11) is 1.93. The highest BCUT2D eigenvalue weighted by atomic mass is 32.1. The van der Waals surface area contributed by atoms with E-state index in [1.807, 2.05) is 31.3 Å². The van der Waals surface area contributed by atoms with Crippen molar-refractivity contribution in [1.29, 1.82) is 0 Å². The van der Waals surface area contributed by atoms with Crippen LogP contribution in [0.5, 0.6) is 0 Å². The lowest BCUT2D eigenvalue weighted by Crippen LogP contribution is -2.00. The number of nitrogens with one attached hydrogen (secondary N) is 2. The molecular formula is C14H16N2S. The van der Waals surface area contributed by atoms with E-state index < -0.39 is 0 Å². The zero-order chi connectivity index (χ0) is 12.1. The van der Waals surface area contributed by atoms with Crippen LogP contribution in [-0.4, -0.2) is 7.05 Å². The first-order chi connectivity index (χ1) is 8.28. The molecule has 3 heteroatoms. The molecule has 2 rings (SSSR count). The van der Waals surface area contributed by atoms with Gasteiger partial charge in [-0.2, -0.15) is 0 Å². The van der Waals surface area contributed by atoms with Gasteiger partial charge in [-0.3, -0.25) is 0 Å². The van der Waals surface area contributed by atoms with E-state index in [0.29, 0.717) is 0 Å². The highest BCUT2D eigenvalue weighted by molar-refractivity contribution is 7.80. The molecule has 0 amide bonds. The molecule has 88 valence electrons. The minimum absolute atomic E-state index is 0.812. The van der Waals surface area contributed by atoms with Gasteiger partial charge < -0.3 is 10.6 Å². The van der Waals surface area contributed by atoms with Crippen molar-refractivity contribution in [2.24, 2.45) is 0 Å². The first-order valence-corrected chi connectivity index (χ1v) is 6.02. The predicted molar refractivity (Wildman–Crippen MR) is 77.0 cm³/mol. The molecule has 0 aromatic heterocycles. The quantitative estimate of drug-likeness (QED) is 0.715. The van der Waals surface area contributed by atoms with Gasteiger partial charge in [-0.25, -0.2) is 0 Å². The Bertz CT molecular complexity index is 497. The Morgan fingerprint density at radius 1 is 1.00 bits per heavy atom. The van der Waals surface area contributed by atoms with Crippen LogP contribution >= 0.6 is 12.6 Å². The van der Waals surface area contributed by atoms with Crippen molar-refractivity contribution in [2.45, 2.75) is 11.4 Å². The minimum Gasteiger partial charge on any atom is -0.388 e. The molecule has 0 aliphatic heterocycles. The number of hydrogen-bond acceptors (Lipinski definition) is 3. The van der Waals surface area contributed by atoms with Crippen LogP contribution in [0.3, 0.4) is 0 Å². The van der Waals surface area contributed by atoms with Crippen LogP contribution in [0.15, 0.2) is 53.4 Å². The van der Waals surface area contributed by atoms with Gasteiger partial charge in [-0.15, -0.1) is 12.6 Å². The summed E-state index contributed by atoms with van der Waals surface area (Å²) in [5.41, 5.74) is 3.47. The maximum atomic E-state index is 4.32. The van der Waals surface area contributed by atoms with Crippen LogP contribution in [-0.2, 0) is 6.54 Å². The summed E-state index contributed by atoms with van der Waals surface area (Å²) in [5, 5.41) is 6.51. The number of rotatable bonds is 4. The van der Waals surface area contributed by atoms with E-state index in [4.69, 9.17) is 0 Å². The van der Waals surface area contributed by atoms with Crippen molar-refractivity contribution in [3.63, 3.8) is 0 Å². The average molecular weight is 244 g/mol. The Labute approximate surface area is 107 Å². The second-order valence-corrected chi connectivity index (χ2v) is 4.37. The molecule has 0 aliphatic carbocycles. The molecule has 0 radical (unpaired) electrons. The molecule has 0 fully saturated rings. The third kappa shape index (κ3) is 3.43. The van der Waals surface area contributed by atoms with Gasteiger partial charge in [0.25, 0.3) is 0 Å². The van der Waals surface area contributed by atoms with Crippen LogP contribution in [0.2, 0.25) is 0 Å². The molecule has 0 unspecified atom stereocenters. The summed E-state index contributed by atoms with van der Waals surface area (Å²) >= 11 is 4.32. The molecule has 2 nitrogen and oxygen atoms in total. The second kappa shape index (κ2) is 5.64. The van der Waals surface area contributed by atoms with E-state index in [2.05, 4.69) is 47.5 Å². The molecule has 0 saturated carbocycles. The van der Waals surface area contributed by atoms with Gasteiger partial charge in [-0.05, 0) is 35.9 Å². The monoisotopic (exact) mass is 244 g/mol. The predicted octanol–water partition coefficient (Wildman–Crippen LogP) is 3.63. The highest BCUT2D eigenvalue weighted by Gasteiger charge is 1.96. The number of anilines is 2. The fraction of sp³-hybridized carbons (Fsp3) is 0.143. The summed E-state index contributed by atoms with van der Waals surface area (Å²) in [6.45, 7) is 0.812. The third-order valence-corrected chi connectivity index (χ3v) is 2.84. The zero-order valence-corrected chi connectivity index (χ0v) is 10.7. The van der Waals surface area contributed by atoms with Crippen LogP contribution in [0, 0.1) is 0 Å². The van der Waals surface area contributed by atoms with Crippen LogP contribution in [0.25, 0.3) is 0 Å². The zero-order valence-electron chi connectivity index (χ0n) is 9.77. The summed E-state index contributed by atoms with van der Waals surface area (Å²) in [4.78, 5) is 0.971. The second-order valence-electron chi connectivity index (χ2n) is 3.85. The maximum Gasteiger partial charge on any atom is 0.0401 e. The lowest BCUT2D eigenvalue weighted by atomic mass is 10.2. The number of thiol groups is 1. The van der Waals surface area contributed by atoms with Crippen molar-refractivity contribution >= 4 is 24.0 Å². The van der Waals surface area contributed by atoms with Crippen molar-refractivity contribution in [3.05, 3.63) is 54.1 Å². The van der Waals surface area contributed by atoms with E-state index in [9.17, 15) is 0 Å². The molecular weight excluding hydrogens is 228 g/mol. The highest BCUT2D eigenvalue weighted by Crippen LogP contribution is 2.15. The molecule has 0 bridgehead atoms. The van der Waals surface area contributed by atoms with Gasteiger partial charge in [0, 0.05) is 29.9 Å². The summed E-state index contributed by atoms with van der Waals surface area (Å²) in [6, 6.07) is 16.4. The van der Waals surface area contributed by atoms with Crippen molar-refractivity contribution in [1.82, 2.24) is 0 Å². The van der Waals surface area contributed by atoms with E-state index >= 15 is 0 Å². The fourth-order valence-electron chi connectivity index (χ4n) is 1.66. The van der Waals surface area contributed by atoms with E-state index in [1.165, 1.54) is 5.56 Å². The van der Waals surface area contributed by atoms with Crippen LogP contribution < -0.4 is 10.6 Å². The number of hydrogen-bond donors (Lipinski definition) is 3. The summed E-state index contributed by atoms with van der Waals surface area (Å²) < 4.78 is 0. The van der Waals surface area contributed by atoms with Crippen molar-refractivity contribution in [3.8, 4) is 0 Å². The molecule has 2 N–H and O–H groups in total. The van der Waals surface area contributed by atoms with Gasteiger partial charge in [0.15, 0.2) is 0 Å². The Hall–Kier alpha value is -1.61. The van der Waals surface area contributed by atoms with Crippen molar-refractivity contribution in [2.75, 3.05) is 17.7 Å². The van der Waals surface area contributed by atoms with Gasteiger partial charge in [-0.1, -0.05) is 18.2 Å². The molecule has 0 spiro atoms. The van der Waals surface area contributed by atoms with Gasteiger partial charge in [0.1, 0.15) is 0 Å². The summed E-state index contributed by atoms with van der Waals surface area (Å²) in [5.74, 6) is 0. The standard InChI is InChI=1S/C14H16N2S/c1-15-12-5-2-4-11(8-12)10-16-13-6-3-7-14(17)9-13/h2-9,15-17H,10H2,1H3. The molecule has 2 aromatic carbocycles. The Balaban J connectivity index is 2.02. The van der Waals surface area contributed by atoms with Gasteiger partial charge >= 0.3 is 0 Å². The normalized spacial score (nSPS) is 10.0. The lowest BCUT2D eigenvalue weighted by Gasteiger charge is -2.08. The Morgan fingerprint density at radius 3 is 2.53 bits per heavy atom. The fourth-order valence-corrected chi connectivity index (χ4v) is 1.88. The topological polar surface area (TPSA) is 24.1 Å². The summed E-state index contributed by atoms with van der Waals surface area (Å²) in [6.07, 6.45) is 0. The van der Waals surface area contributed by atoms with Gasteiger partial charge in [0.2, 0.25) is 0 Å². The third-order valence-electron chi connectivity index (χ3n) is 2.56. The van der Waals surface area contributed by atoms with Crippen LogP contribution in [0.1, 0.15) is 5.56 Å². The van der Waals surface area contributed by atoms with Gasteiger partial charge in [0.05, 0.1) is 0 Å². The molecule has 2 aromatic rings. The largest absolute Gasteiger partial charge is 0.388 e. The molecule has 17 heavy (non-hydrogen) atoms. The first-order valence-electron chi connectivity index (χ1n) is 5.57. The Morgan fingerprint density at radius 2 is 1.76 bits per heavy atom. The van der Waals surface area contributed by atoms with Crippen LogP contribution in [0.4, 0.5) is 11.4 Å². The first kappa shape index (κ1) is 11.9. The molecule has 0 saturated heterocycles. The number of benzene rings is 2. The smallest absolute Gasteiger partial charge is 0.0401 e. The molecule has 0 heterocycles. The SMILES string of the molecule is CNc1cccc(CNc2cccc(S)c2)c1. The lowest BCUT2D eigenvalue weighted by molar-refractivity contribution is 1.14. The molecule has 0 atom stereocenters.